The van der Waals surface area contributed by atoms with Crippen molar-refractivity contribution < 1.29 is 8.78 Å². The molecule has 0 amide bonds. The lowest BCUT2D eigenvalue weighted by Gasteiger charge is -2.09. The number of rotatable bonds is 3. The number of anilines is 1. The summed E-state index contributed by atoms with van der Waals surface area (Å²) in [5.41, 5.74) is 7.52. The monoisotopic (exact) mass is 265 g/mol. The van der Waals surface area contributed by atoms with E-state index in [-0.39, 0.29) is 11.3 Å². The molecule has 0 aliphatic rings. The van der Waals surface area contributed by atoms with Gasteiger partial charge in [0.1, 0.15) is 11.6 Å². The molecule has 0 saturated carbocycles. The summed E-state index contributed by atoms with van der Waals surface area (Å²) in [6.45, 7) is 1.90. The molecular formula is C14H13F2NS. The molecule has 0 bridgehead atoms. The third-order valence-electron chi connectivity index (χ3n) is 2.76. The minimum atomic E-state index is -0.510. The Kier molecular flexibility index (Phi) is 3.87. The first-order valence-corrected chi connectivity index (χ1v) is 6.49. The van der Waals surface area contributed by atoms with Crippen LogP contribution in [-0.4, -0.2) is 0 Å². The Balaban J connectivity index is 2.19. The highest BCUT2D eigenvalue weighted by Crippen LogP contribution is 2.30. The van der Waals surface area contributed by atoms with E-state index >= 15 is 0 Å². The van der Waals surface area contributed by atoms with Crippen LogP contribution in [0.3, 0.4) is 0 Å². The molecule has 0 aliphatic heterocycles. The zero-order valence-electron chi connectivity index (χ0n) is 9.91. The number of thioether (sulfide) groups is 1. The van der Waals surface area contributed by atoms with E-state index in [2.05, 4.69) is 0 Å². The first kappa shape index (κ1) is 12.9. The van der Waals surface area contributed by atoms with Crippen molar-refractivity contribution >= 4 is 17.4 Å². The van der Waals surface area contributed by atoms with Crippen LogP contribution in [0.15, 0.2) is 41.3 Å². The molecule has 0 atom stereocenters. The molecular weight excluding hydrogens is 252 g/mol. The van der Waals surface area contributed by atoms with Gasteiger partial charge in [-0.3, -0.25) is 0 Å². The van der Waals surface area contributed by atoms with Crippen molar-refractivity contribution in [2.24, 2.45) is 0 Å². The van der Waals surface area contributed by atoms with E-state index in [0.29, 0.717) is 5.69 Å². The van der Waals surface area contributed by atoms with E-state index in [1.807, 2.05) is 25.1 Å². The molecule has 0 unspecified atom stereocenters. The maximum atomic E-state index is 13.5. The Morgan fingerprint density at radius 1 is 1.06 bits per heavy atom. The van der Waals surface area contributed by atoms with Crippen LogP contribution in [0, 0.1) is 18.6 Å². The number of nitrogen functional groups attached to an aromatic ring is 1. The Morgan fingerprint density at radius 2 is 1.67 bits per heavy atom. The number of hydrogen-bond donors (Lipinski definition) is 1. The van der Waals surface area contributed by atoms with E-state index in [0.717, 1.165) is 10.5 Å². The lowest BCUT2D eigenvalue weighted by Crippen LogP contribution is -1.94. The largest absolute Gasteiger partial charge is 0.398 e. The van der Waals surface area contributed by atoms with Crippen LogP contribution in [0.2, 0.25) is 0 Å². The number of hydrogen-bond acceptors (Lipinski definition) is 2. The predicted octanol–water partition coefficient (Wildman–Crippen LogP) is 4.15. The van der Waals surface area contributed by atoms with Crippen molar-refractivity contribution in [2.45, 2.75) is 17.6 Å². The lowest BCUT2D eigenvalue weighted by molar-refractivity contribution is 0.566. The number of nitrogens with two attached hydrogens (primary N) is 1. The third kappa shape index (κ3) is 2.64. The van der Waals surface area contributed by atoms with E-state index in [9.17, 15) is 8.78 Å². The van der Waals surface area contributed by atoms with Gasteiger partial charge < -0.3 is 5.73 Å². The molecule has 0 spiro atoms. The summed E-state index contributed by atoms with van der Waals surface area (Å²) in [5, 5.41) is 0. The second-order valence-corrected chi connectivity index (χ2v) is 4.98. The van der Waals surface area contributed by atoms with Gasteiger partial charge in [-0.1, -0.05) is 12.1 Å². The van der Waals surface area contributed by atoms with Gasteiger partial charge in [0, 0.05) is 21.9 Å². The molecule has 94 valence electrons. The average molecular weight is 265 g/mol. The molecule has 18 heavy (non-hydrogen) atoms. The van der Waals surface area contributed by atoms with Crippen LogP contribution in [0.1, 0.15) is 11.1 Å². The quantitative estimate of drug-likeness (QED) is 0.666. The van der Waals surface area contributed by atoms with Gasteiger partial charge in [-0.2, -0.15) is 0 Å². The maximum absolute atomic E-state index is 13.5. The van der Waals surface area contributed by atoms with Crippen molar-refractivity contribution in [3.05, 3.63) is 59.2 Å². The fourth-order valence-electron chi connectivity index (χ4n) is 1.61. The van der Waals surface area contributed by atoms with Crippen molar-refractivity contribution in [2.75, 3.05) is 5.73 Å². The van der Waals surface area contributed by atoms with Crippen molar-refractivity contribution in [3.63, 3.8) is 0 Å². The second-order valence-electron chi connectivity index (χ2n) is 3.96. The number of halogens is 2. The van der Waals surface area contributed by atoms with Gasteiger partial charge in [-0.15, -0.1) is 11.8 Å². The van der Waals surface area contributed by atoms with Gasteiger partial charge in [0.05, 0.1) is 0 Å². The zero-order valence-corrected chi connectivity index (χ0v) is 10.7. The Bertz CT molecular complexity index is 549. The second kappa shape index (κ2) is 5.40. The van der Waals surface area contributed by atoms with Crippen LogP contribution >= 0.6 is 11.8 Å². The molecule has 2 N–H and O–H groups in total. The number of benzene rings is 2. The molecule has 0 fully saturated rings. The summed E-state index contributed by atoms with van der Waals surface area (Å²) in [5.74, 6) is -0.767. The molecule has 4 heteroatoms. The predicted molar refractivity (Wildman–Crippen MR) is 71.5 cm³/mol. The van der Waals surface area contributed by atoms with Gasteiger partial charge in [-0.25, -0.2) is 8.78 Å². The smallest absolute Gasteiger partial charge is 0.130 e. The van der Waals surface area contributed by atoms with Gasteiger partial charge in [0.2, 0.25) is 0 Å². The Labute approximate surface area is 109 Å². The molecule has 1 nitrogen and oxygen atoms in total. The first-order valence-electron chi connectivity index (χ1n) is 5.50. The van der Waals surface area contributed by atoms with Crippen molar-refractivity contribution in [3.8, 4) is 0 Å². The Hall–Kier alpha value is -1.55. The molecule has 0 radical (unpaired) electrons. The Morgan fingerprint density at radius 3 is 2.33 bits per heavy atom. The van der Waals surface area contributed by atoms with Gasteiger partial charge in [0.15, 0.2) is 0 Å². The summed E-state index contributed by atoms with van der Waals surface area (Å²) < 4.78 is 26.9. The van der Waals surface area contributed by atoms with Gasteiger partial charge in [0.25, 0.3) is 0 Å². The van der Waals surface area contributed by atoms with E-state index in [1.165, 1.54) is 30.0 Å². The van der Waals surface area contributed by atoms with E-state index < -0.39 is 11.6 Å². The molecule has 2 aromatic rings. The van der Waals surface area contributed by atoms with Gasteiger partial charge in [-0.05, 0) is 36.8 Å². The summed E-state index contributed by atoms with van der Waals surface area (Å²) in [6.07, 6.45) is 0. The minimum Gasteiger partial charge on any atom is -0.398 e. The molecule has 0 aliphatic carbocycles. The summed E-state index contributed by atoms with van der Waals surface area (Å²) in [4.78, 5) is 0.942. The lowest BCUT2D eigenvalue weighted by atomic mass is 10.2. The minimum absolute atomic E-state index is 0.101. The fourth-order valence-corrected chi connectivity index (χ4v) is 2.69. The SMILES string of the molecule is Cc1c(N)cccc1SCc1c(F)cccc1F. The van der Waals surface area contributed by atoms with Gasteiger partial charge >= 0.3 is 0 Å². The highest BCUT2D eigenvalue weighted by atomic mass is 32.2. The van der Waals surface area contributed by atoms with Crippen LogP contribution in [0.4, 0.5) is 14.5 Å². The standard InChI is InChI=1S/C14H13F2NS/c1-9-13(17)6-3-7-14(9)18-8-10-11(15)4-2-5-12(10)16/h2-7H,8,17H2,1H3. The molecule has 0 saturated heterocycles. The zero-order chi connectivity index (χ0) is 13.1. The third-order valence-corrected chi connectivity index (χ3v) is 3.95. The van der Waals surface area contributed by atoms with Crippen molar-refractivity contribution in [1.82, 2.24) is 0 Å². The summed E-state index contributed by atoms with van der Waals surface area (Å²) in [7, 11) is 0. The highest BCUT2D eigenvalue weighted by Gasteiger charge is 2.10. The summed E-state index contributed by atoms with van der Waals surface area (Å²) >= 11 is 1.38. The van der Waals surface area contributed by atoms with Crippen LogP contribution in [-0.2, 0) is 5.75 Å². The molecule has 2 aromatic carbocycles. The fraction of sp³-hybridized carbons (Fsp3) is 0.143. The van der Waals surface area contributed by atoms with E-state index in [1.54, 1.807) is 0 Å². The van der Waals surface area contributed by atoms with Crippen molar-refractivity contribution in [1.29, 1.82) is 0 Å². The summed E-state index contributed by atoms with van der Waals surface area (Å²) in [6, 6.07) is 9.45. The van der Waals surface area contributed by atoms with Crippen LogP contribution in [0.5, 0.6) is 0 Å². The normalized spacial score (nSPS) is 10.6. The highest BCUT2D eigenvalue weighted by molar-refractivity contribution is 7.98. The molecule has 2 rings (SSSR count). The van der Waals surface area contributed by atoms with Crippen LogP contribution in [0.25, 0.3) is 0 Å². The first-order chi connectivity index (χ1) is 8.59. The topological polar surface area (TPSA) is 26.0 Å². The average Bonchev–Trinajstić information content (AvgIpc) is 2.33. The van der Waals surface area contributed by atoms with E-state index in [4.69, 9.17) is 5.73 Å². The molecule has 0 aromatic heterocycles. The maximum Gasteiger partial charge on any atom is 0.130 e. The molecule has 0 heterocycles. The van der Waals surface area contributed by atoms with Crippen LogP contribution < -0.4 is 5.73 Å².